The van der Waals surface area contributed by atoms with Crippen LogP contribution >= 0.6 is 0 Å². The van der Waals surface area contributed by atoms with E-state index in [2.05, 4.69) is 0 Å². The van der Waals surface area contributed by atoms with Gasteiger partial charge in [-0.1, -0.05) is 30.3 Å². The Kier molecular flexibility index (Phi) is 3.09. The van der Waals surface area contributed by atoms with Gasteiger partial charge in [0.15, 0.2) is 0 Å². The Balaban J connectivity index is 2.54. The highest BCUT2D eigenvalue weighted by Gasteiger charge is 2.12. The van der Waals surface area contributed by atoms with E-state index in [1.54, 1.807) is 24.3 Å². The third-order valence-corrected chi connectivity index (χ3v) is 2.44. The minimum Gasteiger partial charge on any atom is -0.477 e. The first-order chi connectivity index (χ1) is 8.58. The standard InChI is InChI=1S/C12H10N2O4/c15-10-6-9(11(16)17)14(12(18)13-10)7-8-4-2-1-3-5-8/h1-6H,7H2,(H,16,17)(H,13,15,18). The van der Waals surface area contributed by atoms with Gasteiger partial charge in [-0.15, -0.1) is 0 Å². The second-order valence-corrected chi connectivity index (χ2v) is 3.70. The Morgan fingerprint density at radius 2 is 1.89 bits per heavy atom. The number of aromatic nitrogens is 2. The summed E-state index contributed by atoms with van der Waals surface area (Å²) in [6.45, 7) is 0.0953. The first-order valence-corrected chi connectivity index (χ1v) is 5.19. The summed E-state index contributed by atoms with van der Waals surface area (Å²) in [5, 5.41) is 8.98. The summed E-state index contributed by atoms with van der Waals surface area (Å²) in [6.07, 6.45) is 0. The number of hydrogen-bond acceptors (Lipinski definition) is 3. The quantitative estimate of drug-likeness (QED) is 0.813. The number of benzene rings is 1. The summed E-state index contributed by atoms with van der Waals surface area (Å²) < 4.78 is 1.01. The van der Waals surface area contributed by atoms with E-state index in [-0.39, 0.29) is 12.2 Å². The Morgan fingerprint density at radius 3 is 2.50 bits per heavy atom. The smallest absolute Gasteiger partial charge is 0.352 e. The van der Waals surface area contributed by atoms with Gasteiger partial charge in [-0.3, -0.25) is 14.3 Å². The van der Waals surface area contributed by atoms with Crippen molar-refractivity contribution in [3.63, 3.8) is 0 Å². The highest BCUT2D eigenvalue weighted by atomic mass is 16.4. The molecule has 1 heterocycles. The van der Waals surface area contributed by atoms with Crippen LogP contribution in [-0.2, 0) is 6.54 Å². The predicted octanol–water partition coefficient (Wildman–Crippen LogP) is 0.283. The number of nitrogens with zero attached hydrogens (tertiary/aromatic N) is 1. The second kappa shape index (κ2) is 4.70. The van der Waals surface area contributed by atoms with Crippen LogP contribution in [0.3, 0.4) is 0 Å². The summed E-state index contributed by atoms with van der Waals surface area (Å²) >= 11 is 0. The van der Waals surface area contributed by atoms with E-state index in [0.717, 1.165) is 16.2 Å². The summed E-state index contributed by atoms with van der Waals surface area (Å²) in [5.41, 5.74) is -1.01. The zero-order valence-electron chi connectivity index (χ0n) is 9.29. The Bertz CT molecular complexity index is 685. The molecule has 0 aliphatic rings. The largest absolute Gasteiger partial charge is 0.477 e. The summed E-state index contributed by atoms with van der Waals surface area (Å²) in [5.74, 6) is -1.31. The number of carboxylic acid groups (broad SMARTS) is 1. The van der Waals surface area contributed by atoms with Gasteiger partial charge < -0.3 is 5.11 Å². The molecule has 92 valence electrons. The average molecular weight is 246 g/mol. The number of rotatable bonds is 3. The number of carbonyl (C=O) groups is 1. The molecule has 0 amide bonds. The molecule has 0 saturated heterocycles. The lowest BCUT2D eigenvalue weighted by Gasteiger charge is -2.08. The van der Waals surface area contributed by atoms with E-state index in [9.17, 15) is 14.4 Å². The molecule has 0 atom stereocenters. The van der Waals surface area contributed by atoms with Crippen molar-refractivity contribution in [2.75, 3.05) is 0 Å². The molecule has 2 N–H and O–H groups in total. The summed E-state index contributed by atoms with van der Waals surface area (Å²) in [4.78, 5) is 35.7. The lowest BCUT2D eigenvalue weighted by molar-refractivity contribution is 0.0683. The fourth-order valence-corrected chi connectivity index (χ4v) is 1.62. The van der Waals surface area contributed by atoms with Crippen LogP contribution in [0.5, 0.6) is 0 Å². The van der Waals surface area contributed by atoms with E-state index < -0.39 is 17.2 Å². The molecule has 1 aromatic heterocycles. The highest BCUT2D eigenvalue weighted by Crippen LogP contribution is 2.02. The van der Waals surface area contributed by atoms with Crippen LogP contribution in [0, 0.1) is 0 Å². The molecule has 0 bridgehead atoms. The topological polar surface area (TPSA) is 92.2 Å². The minimum absolute atomic E-state index is 0.0953. The molecule has 0 saturated carbocycles. The van der Waals surface area contributed by atoms with Gasteiger partial charge in [0.05, 0.1) is 6.54 Å². The Labute approximate surface area is 101 Å². The minimum atomic E-state index is -1.31. The molecule has 2 aromatic rings. The fourth-order valence-electron chi connectivity index (χ4n) is 1.62. The second-order valence-electron chi connectivity index (χ2n) is 3.70. The van der Waals surface area contributed by atoms with Gasteiger partial charge in [-0.2, -0.15) is 0 Å². The van der Waals surface area contributed by atoms with Gasteiger partial charge in [0.1, 0.15) is 5.69 Å². The van der Waals surface area contributed by atoms with Crippen molar-refractivity contribution in [3.05, 3.63) is 68.5 Å². The molecule has 0 spiro atoms. The predicted molar refractivity (Wildman–Crippen MR) is 63.8 cm³/mol. The monoisotopic (exact) mass is 246 g/mol. The molecular formula is C12H10N2O4. The van der Waals surface area contributed by atoms with Gasteiger partial charge in [0, 0.05) is 6.07 Å². The lowest BCUT2D eigenvalue weighted by Crippen LogP contribution is -2.34. The normalized spacial score (nSPS) is 10.2. The number of nitrogens with one attached hydrogen (secondary N) is 1. The van der Waals surface area contributed by atoms with Crippen LogP contribution in [-0.4, -0.2) is 20.6 Å². The molecule has 18 heavy (non-hydrogen) atoms. The number of H-pyrrole nitrogens is 1. The van der Waals surface area contributed by atoms with Gasteiger partial charge in [-0.25, -0.2) is 9.59 Å². The average Bonchev–Trinajstić information content (AvgIpc) is 2.33. The van der Waals surface area contributed by atoms with Gasteiger partial charge >= 0.3 is 11.7 Å². The van der Waals surface area contributed by atoms with Crippen LogP contribution in [0.15, 0.2) is 46.0 Å². The highest BCUT2D eigenvalue weighted by molar-refractivity contribution is 5.85. The van der Waals surface area contributed by atoms with Crippen molar-refractivity contribution in [1.82, 2.24) is 9.55 Å². The Hall–Kier alpha value is -2.63. The van der Waals surface area contributed by atoms with Crippen LogP contribution < -0.4 is 11.2 Å². The first kappa shape index (κ1) is 11.8. The first-order valence-electron chi connectivity index (χ1n) is 5.19. The molecule has 6 nitrogen and oxygen atoms in total. The fraction of sp³-hybridized carbons (Fsp3) is 0.0833. The van der Waals surface area contributed by atoms with E-state index in [1.807, 2.05) is 11.1 Å². The van der Waals surface area contributed by atoms with Crippen LogP contribution in [0.4, 0.5) is 0 Å². The van der Waals surface area contributed by atoms with E-state index >= 15 is 0 Å². The van der Waals surface area contributed by atoms with E-state index in [0.29, 0.717) is 0 Å². The number of carboxylic acids is 1. The maximum absolute atomic E-state index is 11.6. The van der Waals surface area contributed by atoms with E-state index in [4.69, 9.17) is 5.11 Å². The Morgan fingerprint density at radius 1 is 1.22 bits per heavy atom. The summed E-state index contributed by atoms with van der Waals surface area (Å²) in [7, 11) is 0. The van der Waals surface area contributed by atoms with E-state index in [1.165, 1.54) is 0 Å². The molecule has 0 aliphatic heterocycles. The molecular weight excluding hydrogens is 236 g/mol. The van der Waals surface area contributed by atoms with Crippen LogP contribution in [0.2, 0.25) is 0 Å². The van der Waals surface area contributed by atoms with Crippen molar-refractivity contribution < 1.29 is 9.90 Å². The van der Waals surface area contributed by atoms with Gasteiger partial charge in [-0.05, 0) is 5.56 Å². The maximum Gasteiger partial charge on any atom is 0.352 e. The van der Waals surface area contributed by atoms with Crippen molar-refractivity contribution in [2.45, 2.75) is 6.54 Å². The molecule has 2 rings (SSSR count). The molecule has 0 fully saturated rings. The molecule has 1 aromatic carbocycles. The summed E-state index contributed by atoms with van der Waals surface area (Å²) in [6, 6.07) is 9.81. The van der Waals surface area contributed by atoms with Crippen LogP contribution in [0.25, 0.3) is 0 Å². The zero-order valence-corrected chi connectivity index (χ0v) is 9.29. The zero-order chi connectivity index (χ0) is 13.1. The van der Waals surface area contributed by atoms with Crippen molar-refractivity contribution in [1.29, 1.82) is 0 Å². The number of aromatic amines is 1. The third kappa shape index (κ3) is 2.37. The van der Waals surface area contributed by atoms with Gasteiger partial charge in [0.2, 0.25) is 0 Å². The SMILES string of the molecule is O=C(O)c1cc(=O)[nH]c(=O)n1Cc1ccccc1. The number of aromatic carboxylic acids is 1. The molecule has 0 unspecified atom stereocenters. The van der Waals surface area contributed by atoms with Crippen molar-refractivity contribution in [3.8, 4) is 0 Å². The van der Waals surface area contributed by atoms with Crippen molar-refractivity contribution >= 4 is 5.97 Å². The number of hydrogen-bond donors (Lipinski definition) is 2. The van der Waals surface area contributed by atoms with Crippen LogP contribution in [0.1, 0.15) is 16.1 Å². The molecule has 0 aliphatic carbocycles. The molecule has 0 radical (unpaired) electrons. The lowest BCUT2D eigenvalue weighted by atomic mass is 10.2. The maximum atomic E-state index is 11.6. The van der Waals surface area contributed by atoms with Gasteiger partial charge in [0.25, 0.3) is 5.56 Å². The van der Waals surface area contributed by atoms with Crippen molar-refractivity contribution in [2.24, 2.45) is 0 Å². The molecule has 6 heteroatoms. The third-order valence-electron chi connectivity index (χ3n) is 2.44.